The first-order valence-electron chi connectivity index (χ1n) is 13.6. The summed E-state index contributed by atoms with van der Waals surface area (Å²) in [4.78, 5) is 39.0. The van der Waals surface area contributed by atoms with Crippen LogP contribution in [0.15, 0.2) is 43.0 Å². The van der Waals surface area contributed by atoms with Gasteiger partial charge in [-0.2, -0.15) is 13.2 Å². The molecule has 1 aliphatic carbocycles. The van der Waals surface area contributed by atoms with E-state index in [0.717, 1.165) is 30.3 Å². The standard InChI is InChI=1S/C29H29F3N8O2/c1-16(2)40-20-11-33-25(23-24(18-9-10-18)34-15-35-28(23)42-4)37-27(20)39(14-22(40)41)12-17-5-7-19(8-6-17)26-36-21(13-38(26)3)29(30,31)32/h5-8,11,13,15-16,18H,9-10,12,14H2,1-4H3. The second-order valence-electron chi connectivity index (χ2n) is 10.8. The summed E-state index contributed by atoms with van der Waals surface area (Å²) in [5.41, 5.74) is 2.54. The van der Waals surface area contributed by atoms with Gasteiger partial charge in [0.2, 0.25) is 11.8 Å². The van der Waals surface area contributed by atoms with E-state index in [9.17, 15) is 18.0 Å². The average Bonchev–Trinajstić information content (AvgIpc) is 3.72. The third kappa shape index (κ3) is 5.03. The predicted molar refractivity (Wildman–Crippen MR) is 149 cm³/mol. The third-order valence-corrected chi connectivity index (χ3v) is 7.40. The van der Waals surface area contributed by atoms with Crippen LogP contribution in [0.2, 0.25) is 0 Å². The van der Waals surface area contributed by atoms with Crippen molar-refractivity contribution in [2.45, 2.75) is 51.4 Å². The molecule has 0 radical (unpaired) electrons. The van der Waals surface area contributed by atoms with Crippen molar-refractivity contribution in [2.75, 3.05) is 23.5 Å². The summed E-state index contributed by atoms with van der Waals surface area (Å²) in [5, 5.41) is 0. The monoisotopic (exact) mass is 578 g/mol. The SMILES string of the molecule is COc1ncnc(C2CC2)c1-c1ncc2c(n1)N(Cc1ccc(-c3nc(C(F)(F)F)cn3C)cc1)CC(=O)N2C(C)C. The zero-order valence-electron chi connectivity index (χ0n) is 23.6. The van der Waals surface area contributed by atoms with Crippen LogP contribution in [0.1, 0.15) is 49.6 Å². The lowest BCUT2D eigenvalue weighted by Gasteiger charge is -2.38. The number of hydrogen-bond acceptors (Lipinski definition) is 8. The number of fused-ring (bicyclic) bond motifs is 1. The molecule has 13 heteroatoms. The largest absolute Gasteiger partial charge is 0.480 e. The number of ether oxygens (including phenoxy) is 1. The van der Waals surface area contributed by atoms with E-state index in [-0.39, 0.29) is 24.3 Å². The third-order valence-electron chi connectivity index (χ3n) is 7.40. The number of hydrogen-bond donors (Lipinski definition) is 0. The van der Waals surface area contributed by atoms with E-state index in [1.807, 2.05) is 30.9 Å². The molecule has 0 N–H and O–H groups in total. The van der Waals surface area contributed by atoms with Gasteiger partial charge in [-0.3, -0.25) is 4.79 Å². The second-order valence-corrected chi connectivity index (χ2v) is 10.8. The molecule has 1 aliphatic heterocycles. The van der Waals surface area contributed by atoms with Crippen LogP contribution < -0.4 is 14.5 Å². The molecule has 0 atom stereocenters. The molecular weight excluding hydrogens is 549 g/mol. The molecule has 42 heavy (non-hydrogen) atoms. The molecule has 2 aliphatic rings. The highest BCUT2D eigenvalue weighted by atomic mass is 19.4. The lowest BCUT2D eigenvalue weighted by molar-refractivity contribution is -0.140. The highest BCUT2D eigenvalue weighted by molar-refractivity contribution is 6.02. The van der Waals surface area contributed by atoms with Crippen molar-refractivity contribution in [1.29, 1.82) is 0 Å². The summed E-state index contributed by atoms with van der Waals surface area (Å²) in [5.74, 6) is 1.82. The normalized spacial score (nSPS) is 15.4. The number of aryl methyl sites for hydroxylation is 1. The Bertz CT molecular complexity index is 1650. The summed E-state index contributed by atoms with van der Waals surface area (Å²) >= 11 is 0. The molecule has 0 unspecified atom stereocenters. The van der Waals surface area contributed by atoms with E-state index >= 15 is 0 Å². The summed E-state index contributed by atoms with van der Waals surface area (Å²) < 4.78 is 46.4. The summed E-state index contributed by atoms with van der Waals surface area (Å²) in [6.45, 7) is 4.30. The number of aromatic nitrogens is 6. The Labute approximate surface area is 240 Å². The number of methoxy groups -OCH3 is 1. The van der Waals surface area contributed by atoms with Gasteiger partial charge in [0.05, 0.1) is 25.5 Å². The fourth-order valence-corrected chi connectivity index (χ4v) is 5.30. The van der Waals surface area contributed by atoms with E-state index in [0.29, 0.717) is 46.8 Å². The smallest absolute Gasteiger partial charge is 0.434 e. The van der Waals surface area contributed by atoms with Gasteiger partial charge < -0.3 is 19.1 Å². The summed E-state index contributed by atoms with van der Waals surface area (Å²) in [7, 11) is 3.08. The maximum atomic E-state index is 13.3. The Balaban J connectivity index is 1.36. The number of benzene rings is 1. The average molecular weight is 579 g/mol. The number of halogens is 3. The van der Waals surface area contributed by atoms with Gasteiger partial charge in [0.25, 0.3) is 0 Å². The topological polar surface area (TPSA) is 102 Å². The Hall–Kier alpha value is -4.55. The molecule has 0 bridgehead atoms. The van der Waals surface area contributed by atoms with Crippen LogP contribution >= 0.6 is 0 Å². The number of alkyl halides is 3. The van der Waals surface area contributed by atoms with Crippen molar-refractivity contribution in [2.24, 2.45) is 7.05 Å². The van der Waals surface area contributed by atoms with Gasteiger partial charge in [-0.15, -0.1) is 0 Å². The molecule has 4 heterocycles. The molecule has 1 saturated carbocycles. The second kappa shape index (κ2) is 10.4. The van der Waals surface area contributed by atoms with E-state index in [1.54, 1.807) is 30.3 Å². The van der Waals surface area contributed by atoms with Crippen LogP contribution in [0, 0.1) is 0 Å². The maximum Gasteiger partial charge on any atom is 0.434 e. The number of carbonyl (C=O) groups excluding carboxylic acids is 1. The van der Waals surface area contributed by atoms with Crippen molar-refractivity contribution >= 4 is 17.4 Å². The van der Waals surface area contributed by atoms with E-state index in [4.69, 9.17) is 9.72 Å². The van der Waals surface area contributed by atoms with E-state index < -0.39 is 11.9 Å². The Morgan fingerprint density at radius 3 is 2.43 bits per heavy atom. The number of amides is 1. The predicted octanol–water partition coefficient (Wildman–Crippen LogP) is 5.00. The van der Waals surface area contributed by atoms with Gasteiger partial charge in [0.1, 0.15) is 23.4 Å². The van der Waals surface area contributed by atoms with Gasteiger partial charge >= 0.3 is 6.18 Å². The first-order valence-corrected chi connectivity index (χ1v) is 13.6. The summed E-state index contributed by atoms with van der Waals surface area (Å²) in [6.07, 6.45) is 1.63. The maximum absolute atomic E-state index is 13.3. The Morgan fingerprint density at radius 1 is 1.07 bits per heavy atom. The van der Waals surface area contributed by atoms with Crippen LogP contribution in [0.3, 0.4) is 0 Å². The number of anilines is 2. The Kier molecular flexibility index (Phi) is 6.82. The summed E-state index contributed by atoms with van der Waals surface area (Å²) in [6, 6.07) is 6.98. The minimum absolute atomic E-state index is 0.0857. The van der Waals surface area contributed by atoms with E-state index in [1.165, 1.54) is 17.9 Å². The number of nitrogens with zero attached hydrogens (tertiary/aromatic N) is 8. The fourth-order valence-electron chi connectivity index (χ4n) is 5.30. The van der Waals surface area contributed by atoms with Gasteiger partial charge in [-0.25, -0.2) is 24.9 Å². The molecule has 4 aromatic rings. The molecule has 1 amide bonds. The van der Waals surface area contributed by atoms with Crippen LogP contribution in [0.4, 0.5) is 24.7 Å². The number of imidazole rings is 1. The minimum atomic E-state index is -4.52. The molecule has 0 spiro atoms. The Morgan fingerprint density at radius 2 is 1.81 bits per heavy atom. The molecular formula is C29H29F3N8O2. The number of rotatable bonds is 7. The van der Waals surface area contributed by atoms with Crippen molar-refractivity contribution in [3.05, 3.63) is 59.9 Å². The van der Waals surface area contributed by atoms with Crippen LogP contribution in [-0.2, 0) is 24.6 Å². The first kappa shape index (κ1) is 27.6. The first-order chi connectivity index (χ1) is 20.0. The molecule has 10 nitrogen and oxygen atoms in total. The van der Waals surface area contributed by atoms with Crippen LogP contribution in [0.25, 0.3) is 22.8 Å². The molecule has 1 fully saturated rings. The zero-order chi connectivity index (χ0) is 29.8. The minimum Gasteiger partial charge on any atom is -0.480 e. The lowest BCUT2D eigenvalue weighted by atomic mass is 10.1. The van der Waals surface area contributed by atoms with E-state index in [2.05, 4.69) is 19.9 Å². The lowest BCUT2D eigenvalue weighted by Crippen LogP contribution is -2.49. The van der Waals surface area contributed by atoms with Gasteiger partial charge in [0, 0.05) is 37.3 Å². The highest BCUT2D eigenvalue weighted by Crippen LogP contribution is 2.45. The van der Waals surface area contributed by atoms with Crippen LogP contribution in [0.5, 0.6) is 5.88 Å². The van der Waals surface area contributed by atoms with Crippen molar-refractivity contribution in [3.63, 3.8) is 0 Å². The van der Waals surface area contributed by atoms with Crippen LogP contribution in [-0.4, -0.2) is 55.1 Å². The number of carbonyl (C=O) groups is 1. The molecule has 1 aromatic carbocycles. The zero-order valence-corrected chi connectivity index (χ0v) is 23.6. The van der Waals surface area contributed by atoms with Gasteiger partial charge in [-0.1, -0.05) is 24.3 Å². The molecule has 3 aromatic heterocycles. The highest BCUT2D eigenvalue weighted by Gasteiger charge is 2.36. The molecule has 218 valence electrons. The molecule has 6 rings (SSSR count). The van der Waals surface area contributed by atoms with Crippen molar-refractivity contribution < 1.29 is 22.7 Å². The van der Waals surface area contributed by atoms with Gasteiger partial charge in [0.15, 0.2) is 17.3 Å². The fraction of sp³-hybridized carbons (Fsp3) is 0.379. The van der Waals surface area contributed by atoms with Crippen molar-refractivity contribution in [3.8, 4) is 28.7 Å². The van der Waals surface area contributed by atoms with Crippen molar-refractivity contribution in [1.82, 2.24) is 29.5 Å². The van der Waals surface area contributed by atoms with Gasteiger partial charge in [-0.05, 0) is 32.3 Å². The molecule has 0 saturated heterocycles. The quantitative estimate of drug-likeness (QED) is 0.302.